The predicted molar refractivity (Wildman–Crippen MR) is 112 cm³/mol. The van der Waals surface area contributed by atoms with Crippen molar-refractivity contribution in [2.75, 3.05) is 19.0 Å². The van der Waals surface area contributed by atoms with Crippen LogP contribution in [0.25, 0.3) is 11.3 Å². The molecule has 0 fully saturated rings. The molecule has 0 atom stereocenters. The third kappa shape index (κ3) is 5.63. The first-order valence-electron chi connectivity index (χ1n) is 7.95. The summed E-state index contributed by atoms with van der Waals surface area (Å²) in [4.78, 5) is 8.64. The van der Waals surface area contributed by atoms with Crippen LogP contribution < -0.4 is 10.1 Å². The summed E-state index contributed by atoms with van der Waals surface area (Å²) >= 11 is 12.1. The fraction of sp³-hybridized carbons (Fsp3) is 0.158. The van der Waals surface area contributed by atoms with Crippen molar-refractivity contribution in [1.29, 1.82) is 0 Å². The van der Waals surface area contributed by atoms with Gasteiger partial charge in [0.2, 0.25) is 0 Å². The molecule has 0 saturated carbocycles. The Balaban J connectivity index is 0.00000261. The number of methoxy groups -OCH3 is 1. The van der Waals surface area contributed by atoms with Crippen LogP contribution in [0.3, 0.4) is 0 Å². The minimum absolute atomic E-state index is 0. The van der Waals surface area contributed by atoms with Crippen molar-refractivity contribution in [3.05, 3.63) is 64.1 Å². The fourth-order valence-electron chi connectivity index (χ4n) is 2.47. The highest BCUT2D eigenvalue weighted by molar-refractivity contribution is 6.35. The van der Waals surface area contributed by atoms with Crippen molar-refractivity contribution >= 4 is 41.4 Å². The van der Waals surface area contributed by atoms with E-state index >= 15 is 0 Å². The maximum Gasteiger partial charge on any atom is 0.318 e. The van der Waals surface area contributed by atoms with Gasteiger partial charge < -0.3 is 15.2 Å². The zero-order valence-corrected chi connectivity index (χ0v) is 16.8. The molecule has 142 valence electrons. The average molecular weight is 427 g/mol. The molecule has 3 aromatic rings. The zero-order valence-electron chi connectivity index (χ0n) is 14.4. The van der Waals surface area contributed by atoms with E-state index in [9.17, 15) is 5.11 Å². The second-order valence-corrected chi connectivity index (χ2v) is 6.43. The van der Waals surface area contributed by atoms with Gasteiger partial charge in [0.15, 0.2) is 0 Å². The lowest BCUT2D eigenvalue weighted by atomic mass is 10.1. The lowest BCUT2D eigenvalue weighted by Crippen LogP contribution is -2.08. The molecule has 27 heavy (non-hydrogen) atoms. The Bertz CT molecular complexity index is 922. The first-order chi connectivity index (χ1) is 12.5. The SMILES string of the molecule is COc1nc(NCCc2ccc(Cl)cc2Cl)cc(-c2cccc(O)c2)n1.Cl. The largest absolute Gasteiger partial charge is 0.508 e. The Labute approximate surface area is 173 Å². The third-order valence-corrected chi connectivity index (χ3v) is 4.33. The molecule has 3 rings (SSSR count). The molecular weight excluding hydrogens is 409 g/mol. The van der Waals surface area contributed by atoms with E-state index in [1.165, 1.54) is 7.11 Å². The van der Waals surface area contributed by atoms with E-state index in [1.807, 2.05) is 18.2 Å². The maximum atomic E-state index is 9.67. The minimum Gasteiger partial charge on any atom is -0.508 e. The molecule has 0 saturated heterocycles. The van der Waals surface area contributed by atoms with Crippen LogP contribution in [0.15, 0.2) is 48.5 Å². The summed E-state index contributed by atoms with van der Waals surface area (Å²) in [5, 5.41) is 14.2. The molecule has 0 aliphatic rings. The van der Waals surface area contributed by atoms with Gasteiger partial charge in [0.1, 0.15) is 11.6 Å². The van der Waals surface area contributed by atoms with Crippen molar-refractivity contribution < 1.29 is 9.84 Å². The van der Waals surface area contributed by atoms with E-state index in [1.54, 1.807) is 30.3 Å². The van der Waals surface area contributed by atoms with Crippen molar-refractivity contribution in [3.8, 4) is 23.0 Å². The predicted octanol–water partition coefficient (Wildman–Crippen LogP) is 5.24. The Kier molecular flexibility index (Phi) is 7.54. The molecule has 0 bridgehead atoms. The molecule has 0 aliphatic carbocycles. The molecule has 5 nitrogen and oxygen atoms in total. The second-order valence-electron chi connectivity index (χ2n) is 5.59. The molecule has 0 radical (unpaired) electrons. The number of rotatable bonds is 6. The van der Waals surface area contributed by atoms with Crippen LogP contribution in [0.5, 0.6) is 11.8 Å². The Morgan fingerprint density at radius 1 is 1.07 bits per heavy atom. The highest BCUT2D eigenvalue weighted by atomic mass is 35.5. The molecule has 2 N–H and O–H groups in total. The lowest BCUT2D eigenvalue weighted by molar-refractivity contribution is 0.381. The van der Waals surface area contributed by atoms with E-state index in [-0.39, 0.29) is 24.2 Å². The number of nitrogens with one attached hydrogen (secondary N) is 1. The van der Waals surface area contributed by atoms with E-state index in [2.05, 4.69) is 15.3 Å². The summed E-state index contributed by atoms with van der Waals surface area (Å²) < 4.78 is 5.18. The highest BCUT2D eigenvalue weighted by Crippen LogP contribution is 2.25. The number of hydrogen-bond acceptors (Lipinski definition) is 5. The van der Waals surface area contributed by atoms with Crippen molar-refractivity contribution in [2.24, 2.45) is 0 Å². The number of aromatic nitrogens is 2. The van der Waals surface area contributed by atoms with E-state index < -0.39 is 0 Å². The molecule has 8 heteroatoms. The van der Waals surface area contributed by atoms with Gasteiger partial charge in [-0.25, -0.2) is 0 Å². The van der Waals surface area contributed by atoms with Gasteiger partial charge in [-0.2, -0.15) is 9.97 Å². The first kappa shape index (κ1) is 21.1. The second kappa shape index (κ2) is 9.65. The average Bonchev–Trinajstić information content (AvgIpc) is 2.63. The fourth-order valence-corrected chi connectivity index (χ4v) is 2.97. The number of benzene rings is 2. The summed E-state index contributed by atoms with van der Waals surface area (Å²) in [6, 6.07) is 14.4. The first-order valence-corrected chi connectivity index (χ1v) is 8.71. The maximum absolute atomic E-state index is 9.67. The molecule has 1 heterocycles. The standard InChI is InChI=1S/C19H17Cl2N3O2.ClH/c1-26-19-23-17(13-3-2-4-15(25)9-13)11-18(24-19)22-8-7-12-5-6-14(20)10-16(12)21;/h2-6,9-11,25H,7-8H2,1H3,(H,22,23,24);1H. The Morgan fingerprint density at radius 3 is 2.59 bits per heavy atom. The van der Waals surface area contributed by atoms with Crippen LogP contribution in [0, 0.1) is 0 Å². The van der Waals surface area contributed by atoms with Crippen molar-refractivity contribution in [3.63, 3.8) is 0 Å². The molecule has 0 unspecified atom stereocenters. The van der Waals surface area contributed by atoms with Gasteiger partial charge in [0.25, 0.3) is 0 Å². The summed E-state index contributed by atoms with van der Waals surface area (Å²) in [5.41, 5.74) is 2.42. The van der Waals surface area contributed by atoms with Gasteiger partial charge in [0, 0.05) is 28.2 Å². The van der Waals surface area contributed by atoms with Crippen molar-refractivity contribution in [1.82, 2.24) is 9.97 Å². The van der Waals surface area contributed by atoms with Crippen molar-refractivity contribution in [2.45, 2.75) is 6.42 Å². The van der Waals surface area contributed by atoms with Gasteiger partial charge in [-0.1, -0.05) is 41.4 Å². The number of aromatic hydroxyl groups is 1. The van der Waals surface area contributed by atoms with Gasteiger partial charge in [-0.15, -0.1) is 12.4 Å². The number of nitrogens with zero attached hydrogens (tertiary/aromatic N) is 2. The molecule has 0 amide bonds. The number of phenolic OH excluding ortho intramolecular Hbond substituents is 1. The van der Waals surface area contributed by atoms with Gasteiger partial charge in [-0.3, -0.25) is 0 Å². The molecular formula is C19H18Cl3N3O2. The number of anilines is 1. The third-order valence-electron chi connectivity index (χ3n) is 3.75. The van der Waals surface area contributed by atoms with Gasteiger partial charge in [0.05, 0.1) is 12.8 Å². The molecule has 0 aliphatic heterocycles. The number of phenols is 1. The minimum atomic E-state index is 0. The van der Waals surface area contributed by atoms with E-state index in [0.29, 0.717) is 34.5 Å². The monoisotopic (exact) mass is 425 g/mol. The number of ether oxygens (including phenoxy) is 1. The van der Waals surface area contributed by atoms with Crippen LogP contribution in [0.1, 0.15) is 5.56 Å². The van der Waals surface area contributed by atoms with E-state index in [4.69, 9.17) is 27.9 Å². The van der Waals surface area contributed by atoms with Crippen LogP contribution in [0.4, 0.5) is 5.82 Å². The van der Waals surface area contributed by atoms with E-state index in [0.717, 1.165) is 11.1 Å². The highest BCUT2D eigenvalue weighted by Gasteiger charge is 2.08. The van der Waals surface area contributed by atoms with Crippen LogP contribution >= 0.6 is 35.6 Å². The summed E-state index contributed by atoms with van der Waals surface area (Å²) in [5.74, 6) is 0.798. The molecule has 2 aromatic carbocycles. The zero-order chi connectivity index (χ0) is 18.5. The van der Waals surface area contributed by atoms with Crippen LogP contribution in [-0.2, 0) is 6.42 Å². The summed E-state index contributed by atoms with van der Waals surface area (Å²) in [6.45, 7) is 0.626. The van der Waals surface area contributed by atoms with Gasteiger partial charge in [-0.05, 0) is 36.2 Å². The van der Waals surface area contributed by atoms with Crippen LogP contribution in [0.2, 0.25) is 10.0 Å². The number of hydrogen-bond donors (Lipinski definition) is 2. The quantitative estimate of drug-likeness (QED) is 0.564. The molecule has 1 aromatic heterocycles. The topological polar surface area (TPSA) is 67.3 Å². The van der Waals surface area contributed by atoms with Gasteiger partial charge >= 0.3 is 6.01 Å². The smallest absolute Gasteiger partial charge is 0.318 e. The Morgan fingerprint density at radius 2 is 1.89 bits per heavy atom. The van der Waals surface area contributed by atoms with Crippen LogP contribution in [-0.4, -0.2) is 28.7 Å². The summed E-state index contributed by atoms with van der Waals surface area (Å²) in [6.07, 6.45) is 0.712. The Hall–Kier alpha value is -2.21. The molecule has 0 spiro atoms. The lowest BCUT2D eigenvalue weighted by Gasteiger charge is -2.10. The normalized spacial score (nSPS) is 10.2. The summed E-state index contributed by atoms with van der Waals surface area (Å²) in [7, 11) is 1.51. The number of halogens is 3.